The van der Waals surface area contributed by atoms with Gasteiger partial charge in [0.15, 0.2) is 0 Å². The van der Waals surface area contributed by atoms with Gasteiger partial charge in [-0.25, -0.2) is 0 Å². The van der Waals surface area contributed by atoms with Crippen LogP contribution < -0.4 is 0 Å². The normalized spacial score (nSPS) is 42.9. The molecule has 98 valence electrons. The predicted molar refractivity (Wildman–Crippen MR) is 63.9 cm³/mol. The van der Waals surface area contributed by atoms with Gasteiger partial charge >= 0.3 is 0 Å². The zero-order valence-corrected chi connectivity index (χ0v) is 10.4. The van der Waals surface area contributed by atoms with Gasteiger partial charge in [-0.2, -0.15) is 0 Å². The Balaban J connectivity index is 1.66. The molecule has 17 heavy (non-hydrogen) atoms. The van der Waals surface area contributed by atoms with E-state index in [4.69, 9.17) is 9.47 Å². The largest absolute Gasteiger partial charge is 0.396 e. The smallest absolute Gasteiger partial charge is 0.0730 e. The van der Waals surface area contributed by atoms with Crippen molar-refractivity contribution in [3.8, 4) is 0 Å². The van der Waals surface area contributed by atoms with Crippen LogP contribution in [0.1, 0.15) is 25.7 Å². The molecule has 0 aromatic carbocycles. The molecule has 3 rings (SSSR count). The molecule has 3 atom stereocenters. The number of ether oxygens (including phenoxy) is 2. The SMILES string of the molecule is OCC1(CN2CCOC3CCCC32)CCOC1. The molecule has 2 aliphatic heterocycles. The highest BCUT2D eigenvalue weighted by Crippen LogP contribution is 2.35. The second kappa shape index (κ2) is 4.84. The number of hydrogen-bond acceptors (Lipinski definition) is 4. The average molecular weight is 241 g/mol. The maximum Gasteiger partial charge on any atom is 0.0730 e. The van der Waals surface area contributed by atoms with Crippen LogP contribution in [0, 0.1) is 5.41 Å². The maximum atomic E-state index is 9.65. The minimum Gasteiger partial charge on any atom is -0.396 e. The summed E-state index contributed by atoms with van der Waals surface area (Å²) in [5.41, 5.74) is -0.00944. The third-order valence-electron chi connectivity index (χ3n) is 4.66. The van der Waals surface area contributed by atoms with Crippen LogP contribution in [-0.4, -0.2) is 61.7 Å². The number of nitrogens with zero attached hydrogens (tertiary/aromatic N) is 1. The van der Waals surface area contributed by atoms with Gasteiger partial charge in [0, 0.05) is 31.2 Å². The molecule has 0 bridgehead atoms. The van der Waals surface area contributed by atoms with Gasteiger partial charge < -0.3 is 14.6 Å². The van der Waals surface area contributed by atoms with E-state index in [-0.39, 0.29) is 12.0 Å². The molecular formula is C13H23NO3. The van der Waals surface area contributed by atoms with Crippen molar-refractivity contribution in [2.75, 3.05) is 39.5 Å². The van der Waals surface area contributed by atoms with Crippen LogP contribution in [0.2, 0.25) is 0 Å². The zero-order valence-electron chi connectivity index (χ0n) is 10.4. The number of fused-ring (bicyclic) bond motifs is 1. The van der Waals surface area contributed by atoms with Crippen LogP contribution >= 0.6 is 0 Å². The van der Waals surface area contributed by atoms with Crippen molar-refractivity contribution in [1.29, 1.82) is 0 Å². The van der Waals surface area contributed by atoms with Gasteiger partial charge in [-0.1, -0.05) is 0 Å². The Bertz CT molecular complexity index is 265. The van der Waals surface area contributed by atoms with E-state index in [0.29, 0.717) is 12.1 Å². The Morgan fingerprint density at radius 3 is 3.00 bits per heavy atom. The standard InChI is InChI=1S/C13H23NO3/c15-9-13(4-6-16-10-13)8-14-5-7-17-12-3-1-2-11(12)14/h11-12,15H,1-10H2. The summed E-state index contributed by atoms with van der Waals surface area (Å²) in [6, 6.07) is 0.591. The van der Waals surface area contributed by atoms with Crippen molar-refractivity contribution in [3.05, 3.63) is 0 Å². The van der Waals surface area contributed by atoms with Gasteiger partial charge in [-0.05, 0) is 25.7 Å². The first-order valence-corrected chi connectivity index (χ1v) is 6.87. The summed E-state index contributed by atoms with van der Waals surface area (Å²) >= 11 is 0. The summed E-state index contributed by atoms with van der Waals surface area (Å²) in [4.78, 5) is 2.55. The number of aliphatic hydroxyl groups excluding tert-OH is 1. The molecule has 0 amide bonds. The number of hydrogen-bond donors (Lipinski definition) is 1. The van der Waals surface area contributed by atoms with Crippen molar-refractivity contribution < 1.29 is 14.6 Å². The Hall–Kier alpha value is -0.160. The fourth-order valence-electron chi connectivity index (χ4n) is 3.58. The molecule has 4 heteroatoms. The number of aliphatic hydroxyl groups is 1. The highest BCUT2D eigenvalue weighted by atomic mass is 16.5. The van der Waals surface area contributed by atoms with Crippen LogP contribution in [-0.2, 0) is 9.47 Å². The lowest BCUT2D eigenvalue weighted by atomic mass is 9.87. The highest BCUT2D eigenvalue weighted by Gasteiger charge is 2.42. The summed E-state index contributed by atoms with van der Waals surface area (Å²) in [6.45, 7) is 4.62. The Morgan fingerprint density at radius 1 is 1.29 bits per heavy atom. The quantitative estimate of drug-likeness (QED) is 0.787. The van der Waals surface area contributed by atoms with Crippen molar-refractivity contribution in [3.63, 3.8) is 0 Å². The lowest BCUT2D eigenvalue weighted by Crippen LogP contribution is -2.53. The van der Waals surface area contributed by atoms with Crippen LogP contribution in [0.4, 0.5) is 0 Å². The monoisotopic (exact) mass is 241 g/mol. The first-order chi connectivity index (χ1) is 8.33. The van der Waals surface area contributed by atoms with E-state index in [1.807, 2.05) is 0 Å². The van der Waals surface area contributed by atoms with Gasteiger partial charge in [0.05, 0.1) is 25.9 Å². The van der Waals surface area contributed by atoms with Crippen molar-refractivity contribution in [1.82, 2.24) is 4.90 Å². The molecule has 0 aromatic heterocycles. The first-order valence-electron chi connectivity index (χ1n) is 6.87. The van der Waals surface area contributed by atoms with E-state index >= 15 is 0 Å². The van der Waals surface area contributed by atoms with E-state index in [2.05, 4.69) is 4.90 Å². The lowest BCUT2D eigenvalue weighted by Gasteiger charge is -2.42. The Kier molecular flexibility index (Phi) is 3.39. The third-order valence-corrected chi connectivity index (χ3v) is 4.66. The summed E-state index contributed by atoms with van der Waals surface area (Å²) in [6.07, 6.45) is 5.20. The Labute approximate surface area is 103 Å². The molecule has 0 radical (unpaired) electrons. The Morgan fingerprint density at radius 2 is 2.24 bits per heavy atom. The van der Waals surface area contributed by atoms with Gasteiger partial charge in [-0.3, -0.25) is 4.90 Å². The summed E-state index contributed by atoms with van der Waals surface area (Å²) in [5, 5.41) is 9.65. The maximum absolute atomic E-state index is 9.65. The van der Waals surface area contributed by atoms with E-state index in [1.165, 1.54) is 19.3 Å². The van der Waals surface area contributed by atoms with Crippen molar-refractivity contribution in [2.45, 2.75) is 37.8 Å². The van der Waals surface area contributed by atoms with Crippen LogP contribution in [0.15, 0.2) is 0 Å². The molecule has 2 heterocycles. The first kappa shape index (κ1) is 11.9. The zero-order chi connectivity index (χ0) is 11.7. The molecule has 1 N–H and O–H groups in total. The van der Waals surface area contributed by atoms with Crippen molar-refractivity contribution >= 4 is 0 Å². The fourth-order valence-corrected chi connectivity index (χ4v) is 3.58. The molecule has 2 saturated heterocycles. The third kappa shape index (κ3) is 2.24. The second-order valence-electron chi connectivity index (χ2n) is 5.84. The molecule has 1 saturated carbocycles. The molecule has 3 aliphatic rings. The topological polar surface area (TPSA) is 41.9 Å². The molecule has 4 nitrogen and oxygen atoms in total. The van der Waals surface area contributed by atoms with Crippen LogP contribution in [0.3, 0.4) is 0 Å². The molecule has 1 aliphatic carbocycles. The van der Waals surface area contributed by atoms with Gasteiger partial charge in [-0.15, -0.1) is 0 Å². The lowest BCUT2D eigenvalue weighted by molar-refractivity contribution is -0.0745. The van der Waals surface area contributed by atoms with E-state index in [1.54, 1.807) is 0 Å². The average Bonchev–Trinajstić information content (AvgIpc) is 2.98. The number of morpholine rings is 1. The summed E-state index contributed by atoms with van der Waals surface area (Å²) in [7, 11) is 0. The molecule has 0 spiro atoms. The fraction of sp³-hybridized carbons (Fsp3) is 1.00. The number of rotatable bonds is 3. The van der Waals surface area contributed by atoms with Crippen LogP contribution in [0.5, 0.6) is 0 Å². The molecular weight excluding hydrogens is 218 g/mol. The minimum absolute atomic E-state index is 0.00944. The summed E-state index contributed by atoms with van der Waals surface area (Å²) < 4.78 is 11.3. The van der Waals surface area contributed by atoms with Crippen LogP contribution in [0.25, 0.3) is 0 Å². The van der Waals surface area contributed by atoms with Gasteiger partial charge in [0.25, 0.3) is 0 Å². The highest BCUT2D eigenvalue weighted by molar-refractivity contribution is 4.94. The van der Waals surface area contributed by atoms with Crippen molar-refractivity contribution in [2.24, 2.45) is 5.41 Å². The second-order valence-corrected chi connectivity index (χ2v) is 5.84. The molecule has 3 fully saturated rings. The molecule has 3 unspecified atom stereocenters. The van der Waals surface area contributed by atoms with Gasteiger partial charge in [0.1, 0.15) is 0 Å². The van der Waals surface area contributed by atoms with E-state index in [9.17, 15) is 5.11 Å². The predicted octanol–water partition coefficient (Wildman–Crippen LogP) is 0.639. The van der Waals surface area contributed by atoms with E-state index < -0.39 is 0 Å². The summed E-state index contributed by atoms with van der Waals surface area (Å²) in [5.74, 6) is 0. The minimum atomic E-state index is -0.00944. The molecule has 0 aromatic rings. The van der Waals surface area contributed by atoms with E-state index in [0.717, 1.165) is 39.3 Å². The van der Waals surface area contributed by atoms with Gasteiger partial charge in [0.2, 0.25) is 0 Å².